The van der Waals surface area contributed by atoms with E-state index in [0.29, 0.717) is 18.7 Å². The van der Waals surface area contributed by atoms with Crippen molar-refractivity contribution in [2.45, 2.75) is 12.7 Å². The van der Waals surface area contributed by atoms with Crippen molar-refractivity contribution in [3.63, 3.8) is 0 Å². The van der Waals surface area contributed by atoms with Gasteiger partial charge in [0.05, 0.1) is 18.7 Å². The zero-order chi connectivity index (χ0) is 14.3. The highest BCUT2D eigenvalue weighted by Crippen LogP contribution is 2.29. The van der Waals surface area contributed by atoms with Crippen LogP contribution in [-0.2, 0) is 17.5 Å². The summed E-state index contributed by atoms with van der Waals surface area (Å²) in [6, 6.07) is 5.00. The standard InChI is InChI=1S/C12H16F3N3O/c1-19-6-5-17-11(16)18-8-9-3-2-4-10(7-9)12(13,14)15/h2-4,7H,5-6,8H2,1H3,(H3,16,17,18). The van der Waals surface area contributed by atoms with Gasteiger partial charge in [0.15, 0.2) is 5.96 Å². The molecule has 4 nitrogen and oxygen atoms in total. The Morgan fingerprint density at radius 1 is 1.42 bits per heavy atom. The first-order valence-corrected chi connectivity index (χ1v) is 5.62. The van der Waals surface area contributed by atoms with Crippen molar-refractivity contribution in [3.05, 3.63) is 35.4 Å². The quantitative estimate of drug-likeness (QED) is 0.489. The summed E-state index contributed by atoms with van der Waals surface area (Å²) < 4.78 is 42.3. The SMILES string of the molecule is COCCNC(N)=NCc1cccc(C(F)(F)F)c1. The van der Waals surface area contributed by atoms with E-state index in [4.69, 9.17) is 10.5 Å². The first kappa shape index (κ1) is 15.3. The second kappa shape index (κ2) is 6.98. The molecule has 0 aromatic heterocycles. The van der Waals surface area contributed by atoms with Crippen LogP contribution in [0.1, 0.15) is 11.1 Å². The van der Waals surface area contributed by atoms with Crippen LogP contribution in [0.3, 0.4) is 0 Å². The molecule has 0 aliphatic carbocycles. The number of nitrogens with one attached hydrogen (secondary N) is 1. The van der Waals surface area contributed by atoms with E-state index in [1.165, 1.54) is 6.07 Å². The first-order valence-electron chi connectivity index (χ1n) is 5.62. The Labute approximate surface area is 109 Å². The topological polar surface area (TPSA) is 59.6 Å². The van der Waals surface area contributed by atoms with Gasteiger partial charge in [-0.1, -0.05) is 12.1 Å². The summed E-state index contributed by atoms with van der Waals surface area (Å²) in [6.45, 7) is 1.06. The molecule has 1 aromatic rings. The highest BCUT2D eigenvalue weighted by molar-refractivity contribution is 5.77. The molecule has 106 valence electrons. The molecule has 0 radical (unpaired) electrons. The molecular weight excluding hydrogens is 259 g/mol. The van der Waals surface area contributed by atoms with Gasteiger partial charge in [-0.3, -0.25) is 0 Å². The normalized spacial score (nSPS) is 12.5. The van der Waals surface area contributed by atoms with Crippen LogP contribution >= 0.6 is 0 Å². The number of nitrogens with zero attached hydrogens (tertiary/aromatic N) is 1. The minimum atomic E-state index is -4.35. The minimum Gasteiger partial charge on any atom is -0.383 e. The number of halogens is 3. The van der Waals surface area contributed by atoms with E-state index in [9.17, 15) is 13.2 Å². The Balaban J connectivity index is 2.60. The lowest BCUT2D eigenvalue weighted by molar-refractivity contribution is -0.137. The van der Waals surface area contributed by atoms with Crippen molar-refractivity contribution in [1.82, 2.24) is 5.32 Å². The predicted octanol–water partition coefficient (Wildman–Crippen LogP) is 1.76. The number of hydrogen-bond acceptors (Lipinski definition) is 2. The summed E-state index contributed by atoms with van der Waals surface area (Å²) in [5.74, 6) is 0.175. The van der Waals surface area contributed by atoms with Crippen molar-refractivity contribution in [2.24, 2.45) is 10.7 Å². The summed E-state index contributed by atoms with van der Waals surface area (Å²) in [6.07, 6.45) is -4.35. The second-order valence-corrected chi connectivity index (χ2v) is 3.82. The largest absolute Gasteiger partial charge is 0.416 e. The Morgan fingerprint density at radius 2 is 2.16 bits per heavy atom. The van der Waals surface area contributed by atoms with Crippen LogP contribution in [0.4, 0.5) is 13.2 Å². The van der Waals surface area contributed by atoms with Crippen LogP contribution in [0.25, 0.3) is 0 Å². The van der Waals surface area contributed by atoms with Crippen LogP contribution in [-0.4, -0.2) is 26.2 Å². The van der Waals surface area contributed by atoms with Crippen LogP contribution < -0.4 is 11.1 Å². The van der Waals surface area contributed by atoms with Crippen molar-refractivity contribution in [1.29, 1.82) is 0 Å². The molecule has 0 aliphatic rings. The Bertz CT molecular complexity index is 432. The number of hydrogen-bond donors (Lipinski definition) is 2. The maximum absolute atomic E-state index is 12.5. The lowest BCUT2D eigenvalue weighted by Crippen LogP contribution is -2.34. The Hall–Kier alpha value is -1.76. The molecule has 0 unspecified atom stereocenters. The summed E-state index contributed by atoms with van der Waals surface area (Å²) in [5.41, 5.74) is 5.31. The summed E-state index contributed by atoms with van der Waals surface area (Å²) in [4.78, 5) is 3.95. The molecule has 0 heterocycles. The molecule has 0 saturated heterocycles. The van der Waals surface area contributed by atoms with Gasteiger partial charge in [-0.15, -0.1) is 0 Å². The van der Waals surface area contributed by atoms with Gasteiger partial charge in [-0.05, 0) is 17.7 Å². The highest BCUT2D eigenvalue weighted by Gasteiger charge is 2.30. The third kappa shape index (κ3) is 5.60. The summed E-state index contributed by atoms with van der Waals surface area (Å²) in [7, 11) is 1.55. The molecule has 19 heavy (non-hydrogen) atoms. The van der Waals surface area contributed by atoms with Crippen LogP contribution in [0.5, 0.6) is 0 Å². The summed E-state index contributed by atoms with van der Waals surface area (Å²) in [5, 5.41) is 2.78. The fraction of sp³-hybridized carbons (Fsp3) is 0.417. The number of nitrogens with two attached hydrogens (primary N) is 1. The number of alkyl halides is 3. The first-order chi connectivity index (χ1) is 8.93. The van der Waals surface area contributed by atoms with Gasteiger partial charge in [-0.2, -0.15) is 13.2 Å². The smallest absolute Gasteiger partial charge is 0.383 e. The third-order valence-electron chi connectivity index (χ3n) is 2.30. The van der Waals surface area contributed by atoms with E-state index in [-0.39, 0.29) is 12.5 Å². The molecule has 0 saturated carbocycles. The van der Waals surface area contributed by atoms with Gasteiger partial charge >= 0.3 is 6.18 Å². The van der Waals surface area contributed by atoms with Crippen molar-refractivity contribution in [3.8, 4) is 0 Å². The number of aliphatic imine (C=N–C) groups is 1. The molecule has 0 atom stereocenters. The number of rotatable bonds is 5. The van der Waals surface area contributed by atoms with Gasteiger partial charge in [0.25, 0.3) is 0 Å². The number of guanidine groups is 1. The van der Waals surface area contributed by atoms with Crippen LogP contribution in [0, 0.1) is 0 Å². The average molecular weight is 275 g/mol. The second-order valence-electron chi connectivity index (χ2n) is 3.82. The Kier molecular flexibility index (Phi) is 5.62. The van der Waals surface area contributed by atoms with Gasteiger partial charge < -0.3 is 15.8 Å². The van der Waals surface area contributed by atoms with E-state index < -0.39 is 11.7 Å². The van der Waals surface area contributed by atoms with Gasteiger partial charge in [-0.25, -0.2) is 4.99 Å². The Morgan fingerprint density at radius 3 is 2.79 bits per heavy atom. The van der Waals surface area contributed by atoms with Gasteiger partial charge in [0, 0.05) is 13.7 Å². The van der Waals surface area contributed by atoms with E-state index in [1.54, 1.807) is 13.2 Å². The predicted molar refractivity (Wildman–Crippen MR) is 66.6 cm³/mol. The molecular formula is C12H16F3N3O. The number of methoxy groups -OCH3 is 1. The molecule has 0 bridgehead atoms. The number of ether oxygens (including phenoxy) is 1. The van der Waals surface area contributed by atoms with E-state index in [2.05, 4.69) is 10.3 Å². The van der Waals surface area contributed by atoms with Crippen molar-refractivity contribution < 1.29 is 17.9 Å². The van der Waals surface area contributed by atoms with Gasteiger partial charge in [0.2, 0.25) is 0 Å². The molecule has 0 spiro atoms. The lowest BCUT2D eigenvalue weighted by Gasteiger charge is -2.08. The number of benzene rings is 1. The minimum absolute atomic E-state index is 0.0930. The zero-order valence-electron chi connectivity index (χ0n) is 10.5. The molecule has 0 amide bonds. The molecule has 1 aromatic carbocycles. The van der Waals surface area contributed by atoms with E-state index in [0.717, 1.165) is 12.1 Å². The molecule has 7 heteroatoms. The van der Waals surface area contributed by atoms with E-state index >= 15 is 0 Å². The van der Waals surface area contributed by atoms with Crippen LogP contribution in [0.15, 0.2) is 29.3 Å². The monoisotopic (exact) mass is 275 g/mol. The molecule has 1 rings (SSSR count). The zero-order valence-corrected chi connectivity index (χ0v) is 10.5. The van der Waals surface area contributed by atoms with Gasteiger partial charge in [0.1, 0.15) is 0 Å². The fourth-order valence-electron chi connectivity index (χ4n) is 1.36. The van der Waals surface area contributed by atoms with Crippen molar-refractivity contribution >= 4 is 5.96 Å². The summed E-state index contributed by atoms with van der Waals surface area (Å²) >= 11 is 0. The fourth-order valence-corrected chi connectivity index (χ4v) is 1.36. The maximum atomic E-state index is 12.5. The van der Waals surface area contributed by atoms with E-state index in [1.807, 2.05) is 0 Å². The highest BCUT2D eigenvalue weighted by atomic mass is 19.4. The molecule has 0 fully saturated rings. The third-order valence-corrected chi connectivity index (χ3v) is 2.30. The maximum Gasteiger partial charge on any atom is 0.416 e. The average Bonchev–Trinajstić information content (AvgIpc) is 2.36. The van der Waals surface area contributed by atoms with Crippen LogP contribution in [0.2, 0.25) is 0 Å². The van der Waals surface area contributed by atoms with Crippen molar-refractivity contribution in [2.75, 3.05) is 20.3 Å². The molecule has 3 N–H and O–H groups in total. The lowest BCUT2D eigenvalue weighted by atomic mass is 10.1. The molecule has 0 aliphatic heterocycles.